The van der Waals surface area contributed by atoms with Crippen molar-refractivity contribution in [3.63, 3.8) is 0 Å². The van der Waals surface area contributed by atoms with Crippen LogP contribution in [0.15, 0.2) is 36.5 Å². The van der Waals surface area contributed by atoms with Crippen LogP contribution >= 0.6 is 11.6 Å². The van der Waals surface area contributed by atoms with Gasteiger partial charge in [0.25, 0.3) is 0 Å². The predicted octanol–water partition coefficient (Wildman–Crippen LogP) is 4.39. The van der Waals surface area contributed by atoms with Gasteiger partial charge in [-0.15, -0.1) is 0 Å². The maximum Gasteiger partial charge on any atom is 0.165 e. The molecule has 1 aromatic carbocycles. The van der Waals surface area contributed by atoms with Gasteiger partial charge in [-0.1, -0.05) is 17.7 Å². The summed E-state index contributed by atoms with van der Waals surface area (Å²) in [4.78, 5) is 14.4. The number of rotatable bonds is 3. The highest BCUT2D eigenvalue weighted by atomic mass is 35.5. The van der Waals surface area contributed by atoms with Crippen molar-refractivity contribution in [3.05, 3.63) is 58.5 Å². The summed E-state index contributed by atoms with van der Waals surface area (Å²) in [6.45, 7) is 2.81. The van der Waals surface area contributed by atoms with Crippen LogP contribution in [-0.4, -0.2) is 37.7 Å². The van der Waals surface area contributed by atoms with Crippen molar-refractivity contribution < 1.29 is 9.84 Å². The molecule has 3 aromatic heterocycles. The van der Waals surface area contributed by atoms with E-state index in [-0.39, 0.29) is 6.61 Å². The molecule has 6 rings (SSSR count). The molecule has 0 spiro atoms. The molecular formula is C23H21ClN4O2. The lowest BCUT2D eigenvalue weighted by molar-refractivity contribution is 0.0232. The number of hydrogen-bond acceptors (Lipinski definition) is 5. The Morgan fingerprint density at radius 1 is 1.20 bits per heavy atom. The SMILES string of the molecule is Cc1nc2ccc(C3CC3)nc2n2c(-c3cc(C4(O)CCOC4)ccc3Cl)ncc12. The summed E-state index contributed by atoms with van der Waals surface area (Å²) in [5.74, 6) is 1.25. The van der Waals surface area contributed by atoms with Gasteiger partial charge < -0.3 is 9.84 Å². The number of nitrogens with zero attached hydrogens (tertiary/aromatic N) is 4. The third kappa shape index (κ3) is 2.75. The molecule has 152 valence electrons. The normalized spacial score (nSPS) is 21.7. The van der Waals surface area contributed by atoms with Crippen molar-refractivity contribution in [2.75, 3.05) is 13.2 Å². The van der Waals surface area contributed by atoms with E-state index >= 15 is 0 Å². The number of aryl methyl sites for hydroxylation is 1. The van der Waals surface area contributed by atoms with Gasteiger partial charge in [-0.25, -0.2) is 15.0 Å². The van der Waals surface area contributed by atoms with Crippen LogP contribution in [-0.2, 0) is 10.3 Å². The zero-order valence-electron chi connectivity index (χ0n) is 16.6. The van der Waals surface area contributed by atoms with E-state index in [0.717, 1.165) is 39.2 Å². The second-order valence-corrected chi connectivity index (χ2v) is 8.79. The van der Waals surface area contributed by atoms with Crippen LogP contribution in [0.3, 0.4) is 0 Å². The first-order valence-corrected chi connectivity index (χ1v) is 10.7. The van der Waals surface area contributed by atoms with Crippen LogP contribution in [0.5, 0.6) is 0 Å². The van der Waals surface area contributed by atoms with Gasteiger partial charge in [0.05, 0.1) is 29.0 Å². The zero-order valence-corrected chi connectivity index (χ0v) is 17.4. The lowest BCUT2D eigenvalue weighted by Crippen LogP contribution is -2.25. The molecule has 1 unspecified atom stereocenters. The molecule has 0 bridgehead atoms. The quantitative estimate of drug-likeness (QED) is 0.532. The van der Waals surface area contributed by atoms with Crippen LogP contribution in [0.25, 0.3) is 28.1 Å². The first-order chi connectivity index (χ1) is 14.5. The predicted molar refractivity (Wildman–Crippen MR) is 115 cm³/mol. The third-order valence-electron chi connectivity index (χ3n) is 6.25. The molecule has 0 radical (unpaired) electrons. The fourth-order valence-electron chi connectivity index (χ4n) is 4.33. The minimum absolute atomic E-state index is 0.286. The fourth-order valence-corrected chi connectivity index (χ4v) is 4.53. The number of halogens is 1. The van der Waals surface area contributed by atoms with E-state index in [2.05, 4.69) is 6.07 Å². The molecule has 0 amide bonds. The van der Waals surface area contributed by atoms with E-state index in [0.29, 0.717) is 29.8 Å². The van der Waals surface area contributed by atoms with E-state index < -0.39 is 5.60 Å². The number of ether oxygens (including phenoxy) is 1. The number of imidazole rings is 1. The summed E-state index contributed by atoms with van der Waals surface area (Å²) >= 11 is 6.62. The summed E-state index contributed by atoms with van der Waals surface area (Å²) in [7, 11) is 0. The standard InChI is InChI=1S/C23H21ClN4O2/c1-13-20-11-25-21(16-10-15(4-5-17(16)24)23(29)8-9-30-12-23)28(20)22-19(26-13)7-6-18(27-22)14-2-3-14/h4-7,10-11,14,29H,2-3,8-9,12H2,1H3. The number of hydrogen-bond donors (Lipinski definition) is 1. The first-order valence-electron chi connectivity index (χ1n) is 10.3. The van der Waals surface area contributed by atoms with Crippen molar-refractivity contribution in [2.45, 2.75) is 37.7 Å². The highest BCUT2D eigenvalue weighted by Gasteiger charge is 2.35. The van der Waals surface area contributed by atoms with Crippen LogP contribution in [0.4, 0.5) is 0 Å². The second kappa shape index (κ2) is 6.48. The molecule has 4 heterocycles. The monoisotopic (exact) mass is 420 g/mol. The van der Waals surface area contributed by atoms with Gasteiger partial charge >= 0.3 is 0 Å². The largest absolute Gasteiger partial charge is 0.383 e. The summed E-state index contributed by atoms with van der Waals surface area (Å²) in [5.41, 5.74) is 5.07. The summed E-state index contributed by atoms with van der Waals surface area (Å²) in [6.07, 6.45) is 4.76. The van der Waals surface area contributed by atoms with Crippen LogP contribution < -0.4 is 0 Å². The Morgan fingerprint density at radius 2 is 2.07 bits per heavy atom. The van der Waals surface area contributed by atoms with E-state index in [1.165, 1.54) is 12.8 Å². The Bertz CT molecular complexity index is 1310. The maximum atomic E-state index is 11.0. The molecule has 2 aliphatic rings. The van der Waals surface area contributed by atoms with Crippen LogP contribution in [0, 0.1) is 6.92 Å². The van der Waals surface area contributed by atoms with Crippen LogP contribution in [0.1, 0.15) is 42.1 Å². The number of aliphatic hydroxyl groups is 1. The van der Waals surface area contributed by atoms with Gasteiger partial charge in [-0.2, -0.15) is 0 Å². The summed E-state index contributed by atoms with van der Waals surface area (Å²) < 4.78 is 7.48. The molecule has 1 atom stereocenters. The Balaban J connectivity index is 1.61. The molecule has 6 nitrogen and oxygen atoms in total. The molecule has 7 heteroatoms. The molecule has 1 saturated heterocycles. The van der Waals surface area contributed by atoms with Gasteiger partial charge in [0.15, 0.2) is 5.65 Å². The third-order valence-corrected chi connectivity index (χ3v) is 6.58. The van der Waals surface area contributed by atoms with E-state index in [1.807, 2.05) is 41.8 Å². The molecule has 1 aliphatic carbocycles. The van der Waals surface area contributed by atoms with Crippen LogP contribution in [0.2, 0.25) is 5.02 Å². The number of pyridine rings is 1. The highest BCUT2D eigenvalue weighted by molar-refractivity contribution is 6.33. The summed E-state index contributed by atoms with van der Waals surface area (Å²) in [5, 5.41) is 11.6. The zero-order chi connectivity index (χ0) is 20.5. The first kappa shape index (κ1) is 18.2. The average Bonchev–Trinajstić information content (AvgIpc) is 3.34. The summed E-state index contributed by atoms with van der Waals surface area (Å²) in [6, 6.07) is 9.74. The molecular weight excluding hydrogens is 400 g/mol. The number of fused-ring (bicyclic) bond motifs is 3. The molecule has 1 saturated carbocycles. The fraction of sp³-hybridized carbons (Fsp3) is 0.348. The van der Waals surface area contributed by atoms with Gasteiger partial charge in [0, 0.05) is 30.2 Å². The highest BCUT2D eigenvalue weighted by Crippen LogP contribution is 2.40. The average molecular weight is 421 g/mol. The minimum atomic E-state index is -0.997. The Morgan fingerprint density at radius 3 is 2.83 bits per heavy atom. The van der Waals surface area contributed by atoms with Crippen molar-refractivity contribution in [1.29, 1.82) is 0 Å². The lowest BCUT2D eigenvalue weighted by Gasteiger charge is -2.22. The van der Waals surface area contributed by atoms with E-state index in [1.54, 1.807) is 0 Å². The van der Waals surface area contributed by atoms with Crippen molar-refractivity contribution in [2.24, 2.45) is 0 Å². The topological polar surface area (TPSA) is 72.5 Å². The Labute approximate surface area is 178 Å². The Hall–Kier alpha value is -2.54. The van der Waals surface area contributed by atoms with Gasteiger partial charge in [0.1, 0.15) is 16.9 Å². The van der Waals surface area contributed by atoms with Gasteiger partial charge in [-0.05, 0) is 49.6 Å². The number of benzene rings is 1. The lowest BCUT2D eigenvalue weighted by atomic mass is 9.92. The van der Waals surface area contributed by atoms with E-state index in [9.17, 15) is 5.11 Å². The molecule has 1 aliphatic heterocycles. The molecule has 30 heavy (non-hydrogen) atoms. The van der Waals surface area contributed by atoms with Gasteiger partial charge in [0.2, 0.25) is 0 Å². The smallest absolute Gasteiger partial charge is 0.165 e. The van der Waals surface area contributed by atoms with Gasteiger partial charge in [-0.3, -0.25) is 4.40 Å². The van der Waals surface area contributed by atoms with Crippen molar-refractivity contribution >= 4 is 28.3 Å². The second-order valence-electron chi connectivity index (χ2n) is 8.38. The molecule has 1 N–H and O–H groups in total. The maximum absolute atomic E-state index is 11.0. The van der Waals surface area contributed by atoms with E-state index in [4.69, 9.17) is 31.3 Å². The van der Waals surface area contributed by atoms with Crippen molar-refractivity contribution in [3.8, 4) is 11.4 Å². The Kier molecular flexibility index (Phi) is 3.94. The number of aromatic nitrogens is 4. The van der Waals surface area contributed by atoms with Crippen molar-refractivity contribution in [1.82, 2.24) is 19.4 Å². The minimum Gasteiger partial charge on any atom is -0.383 e. The molecule has 2 fully saturated rings. The molecule has 4 aromatic rings.